The van der Waals surface area contributed by atoms with Crippen LogP contribution in [0.3, 0.4) is 0 Å². The maximum atomic E-state index is 5.15. The second-order valence-corrected chi connectivity index (χ2v) is 4.05. The molecule has 2 heteroatoms. The van der Waals surface area contributed by atoms with Crippen molar-refractivity contribution in [1.82, 2.24) is 0 Å². The van der Waals surface area contributed by atoms with Gasteiger partial charge in [0.1, 0.15) is 11.8 Å². The van der Waals surface area contributed by atoms with Gasteiger partial charge in [0, 0.05) is 5.92 Å². The fraction of sp³-hybridized carbons (Fsp3) is 0.889. The molecule has 0 aromatic heterocycles. The number of nitrogens with zero attached hydrogens (tertiary/aromatic N) is 1. The summed E-state index contributed by atoms with van der Waals surface area (Å²) in [4.78, 5) is 5.15. The normalized spacial score (nSPS) is 20.3. The summed E-state index contributed by atoms with van der Waals surface area (Å²) >= 11 is 0. The van der Waals surface area contributed by atoms with Crippen LogP contribution in [0.4, 0.5) is 0 Å². The molecule has 0 spiro atoms. The molecule has 0 aliphatic heterocycles. The minimum atomic E-state index is -0.170. The van der Waals surface area contributed by atoms with Gasteiger partial charge in [0.15, 0.2) is 0 Å². The van der Waals surface area contributed by atoms with Gasteiger partial charge in [0.05, 0.1) is 0 Å². The van der Waals surface area contributed by atoms with Crippen LogP contribution < -0.4 is 0 Å². The molecule has 1 fully saturated rings. The Labute approximate surface area is 68.6 Å². The highest BCUT2D eigenvalue weighted by Gasteiger charge is 2.16. The van der Waals surface area contributed by atoms with Crippen LogP contribution in [0.15, 0.2) is 5.16 Å². The van der Waals surface area contributed by atoms with Crippen molar-refractivity contribution < 1.29 is 4.84 Å². The van der Waals surface area contributed by atoms with E-state index >= 15 is 0 Å². The van der Waals surface area contributed by atoms with Crippen molar-refractivity contribution in [3.8, 4) is 0 Å². The molecule has 0 saturated heterocycles. The van der Waals surface area contributed by atoms with Crippen molar-refractivity contribution in [3.63, 3.8) is 0 Å². The molecule has 2 nitrogen and oxygen atoms in total. The predicted octanol–water partition coefficient (Wildman–Crippen LogP) is 2.46. The molecule has 1 aliphatic carbocycles. The van der Waals surface area contributed by atoms with E-state index in [4.69, 9.17) is 4.84 Å². The molecule has 1 saturated carbocycles. The lowest BCUT2D eigenvalue weighted by atomic mass is 9.87. The fourth-order valence-corrected chi connectivity index (χ4v) is 0.775. The molecule has 0 aromatic carbocycles. The third-order valence-electron chi connectivity index (χ3n) is 1.66. The Bertz CT molecular complexity index is 142. The van der Waals surface area contributed by atoms with Crippen molar-refractivity contribution in [3.05, 3.63) is 0 Å². The van der Waals surface area contributed by atoms with Gasteiger partial charge in [0.2, 0.25) is 0 Å². The number of hydrogen-bond acceptors (Lipinski definition) is 2. The third-order valence-corrected chi connectivity index (χ3v) is 1.66. The van der Waals surface area contributed by atoms with E-state index in [1.165, 1.54) is 19.3 Å². The highest BCUT2D eigenvalue weighted by Crippen LogP contribution is 2.24. The summed E-state index contributed by atoms with van der Waals surface area (Å²) in [6, 6.07) is 0. The van der Waals surface area contributed by atoms with E-state index in [1.54, 1.807) is 0 Å². The molecule has 1 rings (SSSR count). The molecule has 0 atom stereocenters. The Morgan fingerprint density at radius 1 is 1.36 bits per heavy atom. The zero-order chi connectivity index (χ0) is 8.32. The first-order valence-electron chi connectivity index (χ1n) is 4.22. The van der Waals surface area contributed by atoms with E-state index in [9.17, 15) is 0 Å². The molecule has 0 unspecified atom stereocenters. The van der Waals surface area contributed by atoms with E-state index < -0.39 is 0 Å². The van der Waals surface area contributed by atoms with Crippen LogP contribution in [0.25, 0.3) is 0 Å². The largest absolute Gasteiger partial charge is 0.390 e. The van der Waals surface area contributed by atoms with Crippen LogP contribution in [-0.4, -0.2) is 11.8 Å². The van der Waals surface area contributed by atoms with Gasteiger partial charge in [-0.1, -0.05) is 11.6 Å². The van der Waals surface area contributed by atoms with E-state index in [-0.39, 0.29) is 5.60 Å². The van der Waals surface area contributed by atoms with E-state index in [0.29, 0.717) is 5.92 Å². The van der Waals surface area contributed by atoms with Gasteiger partial charge in [-0.05, 0) is 33.6 Å². The van der Waals surface area contributed by atoms with Crippen LogP contribution in [0.2, 0.25) is 0 Å². The Kier molecular flexibility index (Phi) is 2.53. The maximum Gasteiger partial charge on any atom is 0.129 e. The van der Waals surface area contributed by atoms with Crippen LogP contribution >= 0.6 is 0 Å². The van der Waals surface area contributed by atoms with Gasteiger partial charge in [0.25, 0.3) is 0 Å². The van der Waals surface area contributed by atoms with Crippen molar-refractivity contribution in [1.29, 1.82) is 0 Å². The van der Waals surface area contributed by atoms with Gasteiger partial charge in [-0.2, -0.15) is 0 Å². The minimum absolute atomic E-state index is 0.170. The summed E-state index contributed by atoms with van der Waals surface area (Å²) in [5, 5.41) is 3.81. The van der Waals surface area contributed by atoms with Gasteiger partial charge in [-0.3, -0.25) is 0 Å². The first kappa shape index (κ1) is 8.57. The lowest BCUT2D eigenvalue weighted by molar-refractivity contribution is 0.000780. The quantitative estimate of drug-likeness (QED) is 0.442. The molecule has 0 N–H and O–H groups in total. The van der Waals surface area contributed by atoms with Gasteiger partial charge < -0.3 is 4.84 Å². The lowest BCUT2D eigenvalue weighted by Crippen LogP contribution is -2.17. The average Bonchev–Trinajstić information content (AvgIpc) is 1.73. The zero-order valence-corrected chi connectivity index (χ0v) is 7.55. The Hall–Kier alpha value is -0.530. The first-order chi connectivity index (χ1) is 5.08. The van der Waals surface area contributed by atoms with Crippen molar-refractivity contribution in [2.75, 3.05) is 0 Å². The van der Waals surface area contributed by atoms with Gasteiger partial charge in [-0.15, -0.1) is 0 Å². The predicted molar refractivity (Wildman–Crippen MR) is 45.6 cm³/mol. The Morgan fingerprint density at radius 2 is 2.00 bits per heavy atom. The fourth-order valence-electron chi connectivity index (χ4n) is 0.775. The summed E-state index contributed by atoms with van der Waals surface area (Å²) < 4.78 is 0. The van der Waals surface area contributed by atoms with Crippen LogP contribution in [0, 0.1) is 5.92 Å². The maximum absolute atomic E-state index is 5.15. The van der Waals surface area contributed by atoms with Crippen LogP contribution in [-0.2, 0) is 4.84 Å². The number of rotatable bonds is 2. The van der Waals surface area contributed by atoms with Crippen molar-refractivity contribution >= 4 is 6.21 Å². The summed E-state index contributed by atoms with van der Waals surface area (Å²) in [6.45, 7) is 5.96. The van der Waals surface area contributed by atoms with E-state index in [2.05, 4.69) is 11.4 Å². The second kappa shape index (κ2) is 3.24. The molecular formula is C9H16NO. The van der Waals surface area contributed by atoms with Crippen molar-refractivity contribution in [2.45, 2.75) is 45.6 Å². The second-order valence-electron chi connectivity index (χ2n) is 4.05. The molecule has 1 radical (unpaired) electrons. The van der Waals surface area contributed by atoms with E-state index in [1.807, 2.05) is 20.8 Å². The van der Waals surface area contributed by atoms with Crippen molar-refractivity contribution in [2.24, 2.45) is 11.1 Å². The highest BCUT2D eigenvalue weighted by molar-refractivity contribution is 5.60. The summed E-state index contributed by atoms with van der Waals surface area (Å²) in [7, 11) is 0. The topological polar surface area (TPSA) is 21.6 Å². The summed E-state index contributed by atoms with van der Waals surface area (Å²) in [6.07, 6.45) is 6.77. The van der Waals surface area contributed by atoms with E-state index in [0.717, 1.165) is 0 Å². The Balaban J connectivity index is 2.14. The molecule has 1 aliphatic rings. The molecule has 0 heterocycles. The van der Waals surface area contributed by atoms with Crippen LogP contribution in [0.1, 0.15) is 40.0 Å². The molecule has 0 aromatic rings. The molecule has 0 amide bonds. The molecule has 0 bridgehead atoms. The highest BCUT2D eigenvalue weighted by atomic mass is 16.6. The Morgan fingerprint density at radius 3 is 2.36 bits per heavy atom. The summed E-state index contributed by atoms with van der Waals surface area (Å²) in [5.41, 5.74) is -0.170. The minimum Gasteiger partial charge on any atom is -0.390 e. The monoisotopic (exact) mass is 154 g/mol. The molecule has 63 valence electrons. The molecular weight excluding hydrogens is 138 g/mol. The standard InChI is InChI=1S/C9H16NO/c1-9(2,3)11-10-7-8-5-4-6-8/h8H,4-6H2,1-3H3. The van der Waals surface area contributed by atoms with Crippen LogP contribution in [0.5, 0.6) is 0 Å². The van der Waals surface area contributed by atoms with Gasteiger partial charge in [-0.25, -0.2) is 0 Å². The van der Waals surface area contributed by atoms with Gasteiger partial charge >= 0.3 is 0 Å². The first-order valence-corrected chi connectivity index (χ1v) is 4.22. The number of hydrogen-bond donors (Lipinski definition) is 0. The third kappa shape index (κ3) is 3.40. The lowest BCUT2D eigenvalue weighted by Gasteiger charge is -2.20. The molecule has 11 heavy (non-hydrogen) atoms. The SMILES string of the molecule is CC(C)(C)O/N=[C]/C1CCC1. The average molecular weight is 154 g/mol. The zero-order valence-electron chi connectivity index (χ0n) is 7.55. The smallest absolute Gasteiger partial charge is 0.129 e. The summed E-state index contributed by atoms with van der Waals surface area (Å²) in [5.74, 6) is 0.567.